The molecule has 3 heterocycles. The van der Waals surface area contributed by atoms with Gasteiger partial charge in [0.1, 0.15) is 0 Å². The lowest BCUT2D eigenvalue weighted by molar-refractivity contribution is -0.0162. The summed E-state index contributed by atoms with van der Waals surface area (Å²) < 4.78 is 0. The summed E-state index contributed by atoms with van der Waals surface area (Å²) in [6.45, 7) is 1.09. The first-order chi connectivity index (χ1) is 16.5. The number of nitrogens with one attached hydrogen (secondary N) is 2. The zero-order valence-corrected chi connectivity index (χ0v) is 19.7. The normalized spacial score (nSPS) is 17.3. The lowest BCUT2D eigenvalue weighted by Gasteiger charge is -2.38. The number of rotatable bonds is 3. The number of aromatic amines is 2. The number of nitrogens with zero attached hydrogens (tertiary/aromatic N) is 2. The van der Waals surface area contributed by atoms with Crippen LogP contribution in [0.1, 0.15) is 46.3 Å². The molecule has 1 fully saturated rings. The minimum atomic E-state index is -0.797. The van der Waals surface area contributed by atoms with E-state index in [2.05, 4.69) is 15.2 Å². The third-order valence-electron chi connectivity index (χ3n) is 7.42. The molecule has 6 rings (SSSR count). The van der Waals surface area contributed by atoms with Crippen molar-refractivity contribution < 1.29 is 9.90 Å². The first-order valence-electron chi connectivity index (χ1n) is 11.9. The molecule has 6 nitrogen and oxygen atoms in total. The second-order valence-corrected chi connectivity index (χ2v) is 10.1. The highest BCUT2D eigenvalue weighted by molar-refractivity contribution is 6.30. The maximum absolute atomic E-state index is 13.4. The quantitative estimate of drug-likeness (QED) is 0.394. The SMILES string of the molecule is O=C(c1ccc2[nH]c3c(c2c1)CCCc1cn[nH]c1-3)N1CCC(O)(Cc2ccc(Cl)cc2)CC1. The summed E-state index contributed by atoms with van der Waals surface area (Å²) in [7, 11) is 0. The first-order valence-corrected chi connectivity index (χ1v) is 12.3. The minimum absolute atomic E-state index is 0.0289. The third-order valence-corrected chi connectivity index (χ3v) is 7.67. The summed E-state index contributed by atoms with van der Waals surface area (Å²) in [5.74, 6) is 0.0289. The van der Waals surface area contributed by atoms with Crippen LogP contribution >= 0.6 is 11.6 Å². The Bertz CT molecular complexity index is 1360. The Kier molecular flexibility index (Phi) is 5.23. The van der Waals surface area contributed by atoms with Gasteiger partial charge in [-0.2, -0.15) is 5.10 Å². The van der Waals surface area contributed by atoms with Crippen molar-refractivity contribution in [1.82, 2.24) is 20.1 Å². The molecule has 7 heteroatoms. The molecule has 174 valence electrons. The van der Waals surface area contributed by atoms with Crippen molar-refractivity contribution in [2.75, 3.05) is 13.1 Å². The standard InChI is InChI=1S/C27H27ClN4O2/c28-20-7-4-17(5-8-20)15-27(34)10-12-32(13-11-27)26(33)18-6-9-23-22(14-18)21-3-1-2-19-16-29-31-24(19)25(21)30-23/h4-9,14,16,30,34H,1-3,10-13,15H2,(H,29,31). The number of aliphatic hydroxyl groups is 1. The summed E-state index contributed by atoms with van der Waals surface area (Å²) in [4.78, 5) is 18.8. The molecule has 1 aliphatic carbocycles. The average molecular weight is 475 g/mol. The van der Waals surface area contributed by atoms with E-state index in [9.17, 15) is 9.90 Å². The lowest BCUT2D eigenvalue weighted by atomic mass is 9.85. The van der Waals surface area contributed by atoms with Crippen LogP contribution in [0.5, 0.6) is 0 Å². The van der Waals surface area contributed by atoms with Crippen LogP contribution in [0.15, 0.2) is 48.7 Å². The Morgan fingerprint density at radius 2 is 1.88 bits per heavy atom. The number of fused-ring (bicyclic) bond motifs is 5. The minimum Gasteiger partial charge on any atom is -0.389 e. The van der Waals surface area contributed by atoms with Crippen molar-refractivity contribution in [1.29, 1.82) is 0 Å². The number of halogens is 1. The molecule has 4 aromatic rings. The summed E-state index contributed by atoms with van der Waals surface area (Å²) in [6.07, 6.45) is 6.64. The van der Waals surface area contributed by atoms with E-state index in [0.717, 1.165) is 47.1 Å². The van der Waals surface area contributed by atoms with Gasteiger partial charge in [0, 0.05) is 41.0 Å². The molecule has 0 bridgehead atoms. The number of aryl methyl sites for hydroxylation is 2. The van der Waals surface area contributed by atoms with Crippen molar-refractivity contribution in [2.24, 2.45) is 0 Å². The van der Waals surface area contributed by atoms with Gasteiger partial charge in [-0.15, -0.1) is 0 Å². The van der Waals surface area contributed by atoms with E-state index in [1.165, 1.54) is 11.1 Å². The van der Waals surface area contributed by atoms with Crippen LogP contribution in [0.3, 0.4) is 0 Å². The lowest BCUT2D eigenvalue weighted by Crippen LogP contribution is -2.47. The topological polar surface area (TPSA) is 85.0 Å². The van der Waals surface area contributed by atoms with Crippen LogP contribution in [-0.2, 0) is 19.3 Å². The van der Waals surface area contributed by atoms with Crippen molar-refractivity contribution in [3.63, 3.8) is 0 Å². The highest BCUT2D eigenvalue weighted by Gasteiger charge is 2.34. The summed E-state index contributed by atoms with van der Waals surface area (Å²) in [5, 5.41) is 20.3. The monoisotopic (exact) mass is 474 g/mol. The molecule has 2 aromatic carbocycles. The predicted octanol–water partition coefficient (Wildman–Crippen LogP) is 4.91. The number of carbonyl (C=O) groups excluding carboxylic acids is 1. The second-order valence-electron chi connectivity index (χ2n) is 9.68. The van der Waals surface area contributed by atoms with Gasteiger partial charge in [-0.1, -0.05) is 23.7 Å². The number of hydrogen-bond acceptors (Lipinski definition) is 3. The Morgan fingerprint density at radius 1 is 1.09 bits per heavy atom. The Hall–Kier alpha value is -3.09. The Labute approximate surface area is 202 Å². The second kappa shape index (κ2) is 8.29. The smallest absolute Gasteiger partial charge is 0.253 e. The Morgan fingerprint density at radius 3 is 2.68 bits per heavy atom. The fourth-order valence-electron chi connectivity index (χ4n) is 5.49. The van der Waals surface area contributed by atoms with Gasteiger partial charge in [0.2, 0.25) is 0 Å². The van der Waals surface area contributed by atoms with Crippen LogP contribution in [0, 0.1) is 0 Å². The number of aromatic nitrogens is 3. The van der Waals surface area contributed by atoms with E-state index in [0.29, 0.717) is 42.9 Å². The molecule has 0 saturated carbocycles. The van der Waals surface area contributed by atoms with E-state index in [4.69, 9.17) is 11.6 Å². The molecule has 1 aliphatic heterocycles. The molecule has 2 aromatic heterocycles. The first kappa shape index (κ1) is 21.4. The van der Waals surface area contributed by atoms with Crippen molar-refractivity contribution in [3.05, 3.63) is 75.9 Å². The molecule has 0 atom stereocenters. The molecular formula is C27H27ClN4O2. The number of H-pyrrole nitrogens is 2. The van der Waals surface area contributed by atoms with Gasteiger partial charge in [0.15, 0.2) is 0 Å². The molecule has 2 aliphatic rings. The molecule has 34 heavy (non-hydrogen) atoms. The van der Waals surface area contributed by atoms with Crippen LogP contribution < -0.4 is 0 Å². The van der Waals surface area contributed by atoms with Gasteiger partial charge in [-0.3, -0.25) is 9.89 Å². The van der Waals surface area contributed by atoms with E-state index < -0.39 is 5.60 Å². The fourth-order valence-corrected chi connectivity index (χ4v) is 5.62. The molecular weight excluding hydrogens is 448 g/mol. The van der Waals surface area contributed by atoms with Gasteiger partial charge >= 0.3 is 0 Å². The van der Waals surface area contributed by atoms with Crippen molar-refractivity contribution >= 4 is 28.4 Å². The number of carbonyl (C=O) groups is 1. The highest BCUT2D eigenvalue weighted by atomic mass is 35.5. The van der Waals surface area contributed by atoms with E-state index in [1.54, 1.807) is 0 Å². The third kappa shape index (κ3) is 3.81. The molecule has 1 saturated heterocycles. The van der Waals surface area contributed by atoms with Gasteiger partial charge in [-0.25, -0.2) is 0 Å². The van der Waals surface area contributed by atoms with Gasteiger partial charge < -0.3 is 15.0 Å². The number of hydrogen-bond donors (Lipinski definition) is 3. The zero-order chi connectivity index (χ0) is 23.3. The summed E-state index contributed by atoms with van der Waals surface area (Å²) in [6, 6.07) is 13.6. The molecule has 1 amide bonds. The maximum atomic E-state index is 13.4. The maximum Gasteiger partial charge on any atom is 0.253 e. The number of likely N-dealkylation sites (tertiary alicyclic amines) is 1. The highest BCUT2D eigenvalue weighted by Crippen LogP contribution is 2.36. The van der Waals surface area contributed by atoms with E-state index >= 15 is 0 Å². The van der Waals surface area contributed by atoms with Gasteiger partial charge in [0.05, 0.1) is 23.2 Å². The van der Waals surface area contributed by atoms with Gasteiger partial charge in [0.25, 0.3) is 5.91 Å². The molecule has 3 N–H and O–H groups in total. The van der Waals surface area contributed by atoms with E-state index in [-0.39, 0.29) is 5.91 Å². The van der Waals surface area contributed by atoms with Crippen LogP contribution in [0.2, 0.25) is 5.02 Å². The molecule has 0 unspecified atom stereocenters. The zero-order valence-electron chi connectivity index (χ0n) is 18.9. The predicted molar refractivity (Wildman–Crippen MR) is 133 cm³/mol. The van der Waals surface area contributed by atoms with Crippen molar-refractivity contribution in [3.8, 4) is 11.4 Å². The summed E-state index contributed by atoms with van der Waals surface area (Å²) >= 11 is 5.98. The number of piperidine rings is 1. The fraction of sp³-hybridized carbons (Fsp3) is 0.333. The molecule has 0 spiro atoms. The number of amides is 1. The van der Waals surface area contributed by atoms with E-state index in [1.807, 2.05) is 53.6 Å². The van der Waals surface area contributed by atoms with Crippen molar-refractivity contribution in [2.45, 2.75) is 44.1 Å². The number of benzene rings is 2. The van der Waals surface area contributed by atoms with Crippen LogP contribution in [0.4, 0.5) is 0 Å². The largest absolute Gasteiger partial charge is 0.389 e. The summed E-state index contributed by atoms with van der Waals surface area (Å²) in [5.41, 5.74) is 6.65. The van der Waals surface area contributed by atoms with Gasteiger partial charge in [-0.05, 0) is 79.1 Å². The van der Waals surface area contributed by atoms with Crippen LogP contribution in [0.25, 0.3) is 22.3 Å². The average Bonchev–Trinajstić information content (AvgIpc) is 3.41. The Balaban J connectivity index is 1.21. The van der Waals surface area contributed by atoms with Crippen LogP contribution in [-0.4, -0.2) is 49.8 Å². The molecule has 0 radical (unpaired) electrons.